The standard InChI is InChI=1S/C17H26F2N4O4S/c1-20-17(22-11-13-5-4-8-23(13)28(3,24)25)21-10-12-9-14(26-2)6-7-15(12)27-16(18)19/h6-7,9,13,16H,4-5,8,10-11H2,1-3H3,(H2,20,21,22)/t13-/m1/s1. The molecule has 0 bridgehead atoms. The van der Waals surface area contributed by atoms with Gasteiger partial charge in [-0.2, -0.15) is 13.1 Å². The molecule has 1 aromatic rings. The minimum atomic E-state index is -3.25. The minimum absolute atomic E-state index is 0.0396. The van der Waals surface area contributed by atoms with Gasteiger partial charge in [-0.05, 0) is 31.0 Å². The topological polar surface area (TPSA) is 92.3 Å². The maximum absolute atomic E-state index is 12.6. The molecular weight excluding hydrogens is 394 g/mol. The van der Waals surface area contributed by atoms with Crippen molar-refractivity contribution in [2.45, 2.75) is 32.0 Å². The smallest absolute Gasteiger partial charge is 0.387 e. The quantitative estimate of drug-likeness (QED) is 0.488. The number of guanidine groups is 1. The Hall–Kier alpha value is -2.14. The number of hydrogen-bond acceptors (Lipinski definition) is 5. The van der Waals surface area contributed by atoms with Crippen LogP contribution in [0.1, 0.15) is 18.4 Å². The van der Waals surface area contributed by atoms with Crippen molar-refractivity contribution < 1.29 is 26.7 Å². The molecule has 0 aromatic heterocycles. The van der Waals surface area contributed by atoms with Gasteiger partial charge in [0.1, 0.15) is 11.5 Å². The van der Waals surface area contributed by atoms with Crippen LogP contribution in [0.2, 0.25) is 0 Å². The van der Waals surface area contributed by atoms with Crippen LogP contribution in [0.5, 0.6) is 11.5 Å². The van der Waals surface area contributed by atoms with Crippen LogP contribution in [0, 0.1) is 0 Å². The Balaban J connectivity index is 1.98. The zero-order valence-corrected chi connectivity index (χ0v) is 16.9. The third kappa shape index (κ3) is 6.20. The van der Waals surface area contributed by atoms with E-state index in [1.165, 1.54) is 29.8 Å². The van der Waals surface area contributed by atoms with E-state index < -0.39 is 16.6 Å². The molecule has 0 saturated carbocycles. The van der Waals surface area contributed by atoms with E-state index in [1.807, 2.05) is 0 Å². The Morgan fingerprint density at radius 1 is 1.39 bits per heavy atom. The third-order valence-electron chi connectivity index (χ3n) is 4.41. The first-order valence-corrected chi connectivity index (χ1v) is 10.6. The molecule has 0 amide bonds. The van der Waals surface area contributed by atoms with Gasteiger partial charge in [0.15, 0.2) is 5.96 Å². The van der Waals surface area contributed by atoms with Gasteiger partial charge in [0.05, 0.1) is 13.4 Å². The molecule has 158 valence electrons. The molecule has 1 fully saturated rings. The van der Waals surface area contributed by atoms with Crippen LogP contribution in [-0.2, 0) is 16.6 Å². The summed E-state index contributed by atoms with van der Waals surface area (Å²) in [5.41, 5.74) is 0.473. The molecule has 1 aromatic carbocycles. The monoisotopic (exact) mass is 420 g/mol. The van der Waals surface area contributed by atoms with E-state index in [0.29, 0.717) is 30.4 Å². The number of sulfonamides is 1. The zero-order valence-electron chi connectivity index (χ0n) is 16.1. The number of methoxy groups -OCH3 is 1. The van der Waals surface area contributed by atoms with Crippen molar-refractivity contribution in [3.8, 4) is 11.5 Å². The summed E-state index contributed by atoms with van der Waals surface area (Å²) in [5.74, 6) is 0.972. The second-order valence-corrected chi connectivity index (χ2v) is 8.26. The Labute approximate surface area is 164 Å². The van der Waals surface area contributed by atoms with E-state index in [-0.39, 0.29) is 18.3 Å². The maximum atomic E-state index is 12.6. The van der Waals surface area contributed by atoms with Crippen molar-refractivity contribution in [3.63, 3.8) is 0 Å². The van der Waals surface area contributed by atoms with Gasteiger partial charge in [-0.25, -0.2) is 8.42 Å². The molecule has 2 N–H and O–H groups in total. The van der Waals surface area contributed by atoms with Gasteiger partial charge in [0.25, 0.3) is 0 Å². The van der Waals surface area contributed by atoms with Crippen molar-refractivity contribution in [2.24, 2.45) is 4.99 Å². The molecule has 1 aliphatic heterocycles. The third-order valence-corrected chi connectivity index (χ3v) is 5.74. The van der Waals surface area contributed by atoms with Crippen molar-refractivity contribution in [1.82, 2.24) is 14.9 Å². The minimum Gasteiger partial charge on any atom is -0.497 e. The van der Waals surface area contributed by atoms with Crippen LogP contribution in [0.25, 0.3) is 0 Å². The summed E-state index contributed by atoms with van der Waals surface area (Å²) in [7, 11) is -0.203. The Bertz CT molecular complexity index is 789. The molecule has 1 heterocycles. The molecule has 0 aliphatic carbocycles. The average molecular weight is 420 g/mol. The first kappa shape index (κ1) is 22.2. The summed E-state index contributed by atoms with van der Waals surface area (Å²) in [4.78, 5) is 4.09. The van der Waals surface area contributed by atoms with Gasteiger partial charge in [0.2, 0.25) is 10.0 Å². The normalized spacial score (nSPS) is 18.4. The molecule has 0 spiro atoms. The molecule has 2 rings (SSSR count). The number of ether oxygens (including phenoxy) is 2. The number of benzene rings is 1. The highest BCUT2D eigenvalue weighted by Crippen LogP contribution is 2.25. The van der Waals surface area contributed by atoms with Gasteiger partial charge in [-0.15, -0.1) is 0 Å². The van der Waals surface area contributed by atoms with Gasteiger partial charge in [-0.3, -0.25) is 4.99 Å². The van der Waals surface area contributed by atoms with Crippen LogP contribution >= 0.6 is 0 Å². The summed E-state index contributed by atoms with van der Waals surface area (Å²) in [5, 5.41) is 6.10. The highest BCUT2D eigenvalue weighted by molar-refractivity contribution is 7.88. The largest absolute Gasteiger partial charge is 0.497 e. The predicted octanol–water partition coefficient (Wildman–Crippen LogP) is 1.39. The number of hydrogen-bond donors (Lipinski definition) is 2. The highest BCUT2D eigenvalue weighted by Gasteiger charge is 2.31. The fourth-order valence-corrected chi connectivity index (χ4v) is 4.28. The lowest BCUT2D eigenvalue weighted by Gasteiger charge is -2.23. The van der Waals surface area contributed by atoms with Crippen LogP contribution in [0.15, 0.2) is 23.2 Å². The maximum Gasteiger partial charge on any atom is 0.387 e. The second-order valence-electron chi connectivity index (χ2n) is 6.33. The molecule has 11 heteroatoms. The highest BCUT2D eigenvalue weighted by atomic mass is 32.2. The van der Waals surface area contributed by atoms with Gasteiger partial charge >= 0.3 is 6.61 Å². The summed E-state index contributed by atoms with van der Waals surface area (Å²) in [6.07, 6.45) is 2.77. The van der Waals surface area contributed by atoms with Crippen LogP contribution in [0.4, 0.5) is 8.78 Å². The summed E-state index contributed by atoms with van der Waals surface area (Å²) < 4.78 is 60.0. The summed E-state index contributed by atoms with van der Waals surface area (Å²) >= 11 is 0. The van der Waals surface area contributed by atoms with Crippen LogP contribution in [0.3, 0.4) is 0 Å². The number of halogens is 2. The van der Waals surface area contributed by atoms with Gasteiger partial charge < -0.3 is 20.1 Å². The Morgan fingerprint density at radius 3 is 2.75 bits per heavy atom. The first-order chi connectivity index (χ1) is 13.2. The first-order valence-electron chi connectivity index (χ1n) is 8.77. The van der Waals surface area contributed by atoms with E-state index >= 15 is 0 Å². The van der Waals surface area contributed by atoms with E-state index in [2.05, 4.69) is 20.4 Å². The molecule has 0 unspecified atom stereocenters. The van der Waals surface area contributed by atoms with Crippen molar-refractivity contribution in [1.29, 1.82) is 0 Å². The van der Waals surface area contributed by atoms with Crippen molar-refractivity contribution >= 4 is 16.0 Å². The molecule has 8 nitrogen and oxygen atoms in total. The van der Waals surface area contributed by atoms with E-state index in [4.69, 9.17) is 4.74 Å². The molecule has 28 heavy (non-hydrogen) atoms. The Morgan fingerprint density at radius 2 is 2.14 bits per heavy atom. The fraction of sp³-hybridized carbons (Fsp3) is 0.588. The predicted molar refractivity (Wildman–Crippen MR) is 102 cm³/mol. The van der Waals surface area contributed by atoms with Crippen LogP contribution in [-0.4, -0.2) is 64.8 Å². The molecule has 1 saturated heterocycles. The number of alkyl halides is 2. The lowest BCUT2D eigenvalue weighted by molar-refractivity contribution is -0.0505. The zero-order chi connectivity index (χ0) is 20.7. The number of nitrogens with zero attached hydrogens (tertiary/aromatic N) is 2. The molecular formula is C17H26F2N4O4S. The second kappa shape index (κ2) is 9.87. The van der Waals surface area contributed by atoms with Gasteiger partial charge in [0, 0.05) is 38.3 Å². The molecule has 0 radical (unpaired) electrons. The van der Waals surface area contributed by atoms with E-state index in [9.17, 15) is 17.2 Å². The molecule has 1 atom stereocenters. The lowest BCUT2D eigenvalue weighted by Crippen LogP contribution is -2.46. The van der Waals surface area contributed by atoms with Crippen molar-refractivity contribution in [2.75, 3.05) is 33.5 Å². The number of aliphatic imine (C=N–C) groups is 1. The van der Waals surface area contributed by atoms with E-state index in [0.717, 1.165) is 12.8 Å². The summed E-state index contributed by atoms with van der Waals surface area (Å²) in [6, 6.07) is 4.40. The van der Waals surface area contributed by atoms with Gasteiger partial charge in [-0.1, -0.05) is 0 Å². The van der Waals surface area contributed by atoms with Crippen molar-refractivity contribution in [3.05, 3.63) is 23.8 Å². The van der Waals surface area contributed by atoms with E-state index in [1.54, 1.807) is 13.1 Å². The summed E-state index contributed by atoms with van der Waals surface area (Å²) in [6.45, 7) is -1.87. The van der Waals surface area contributed by atoms with Crippen LogP contribution < -0.4 is 20.1 Å². The fourth-order valence-electron chi connectivity index (χ4n) is 3.10. The SMILES string of the molecule is CN=C(NCc1cc(OC)ccc1OC(F)F)NC[C@H]1CCCN1S(C)(=O)=O. The average Bonchev–Trinajstić information content (AvgIpc) is 3.11. The number of nitrogens with one attached hydrogen (secondary N) is 2. The molecule has 1 aliphatic rings. The Kier molecular flexibility index (Phi) is 7.81. The lowest BCUT2D eigenvalue weighted by atomic mass is 10.2. The number of rotatable bonds is 8.